The molecule has 1 heterocycles. The molecule has 1 aliphatic rings. The second-order valence-corrected chi connectivity index (χ2v) is 8.12. The fourth-order valence-corrected chi connectivity index (χ4v) is 4.28. The van der Waals surface area contributed by atoms with E-state index in [1.165, 1.54) is 41.2 Å². The molecule has 0 radical (unpaired) electrons. The lowest BCUT2D eigenvalue weighted by molar-refractivity contribution is -0.896. The van der Waals surface area contributed by atoms with Gasteiger partial charge in [0.2, 0.25) is 5.78 Å². The molecule has 1 fully saturated rings. The van der Waals surface area contributed by atoms with Gasteiger partial charge in [-0.15, -0.1) is 0 Å². The van der Waals surface area contributed by atoms with Crippen LogP contribution in [0.25, 0.3) is 5.76 Å². The highest BCUT2D eigenvalue weighted by Gasteiger charge is 2.44. The van der Waals surface area contributed by atoms with Crippen molar-refractivity contribution in [2.24, 2.45) is 0 Å². The van der Waals surface area contributed by atoms with E-state index in [0.717, 1.165) is 19.6 Å². The first-order chi connectivity index (χ1) is 16.3. The number of benzene rings is 2. The van der Waals surface area contributed by atoms with Crippen molar-refractivity contribution in [3.63, 3.8) is 0 Å². The average molecular weight is 468 g/mol. The highest BCUT2D eigenvalue weighted by Crippen LogP contribution is 2.39. The number of ether oxygens (including phenoxy) is 1. The number of nitro groups is 1. The van der Waals surface area contributed by atoms with Crippen molar-refractivity contribution in [3.05, 3.63) is 75.3 Å². The normalized spacial score (nSPS) is 17.4. The van der Waals surface area contributed by atoms with Gasteiger partial charge in [0.25, 0.3) is 11.6 Å². The number of nitro benzene ring substituents is 1. The first kappa shape index (κ1) is 24.9. The number of amides is 1. The second kappa shape index (κ2) is 10.9. The quantitative estimate of drug-likeness (QED) is 0.184. The van der Waals surface area contributed by atoms with E-state index in [2.05, 4.69) is 13.8 Å². The van der Waals surface area contributed by atoms with Crippen LogP contribution in [0, 0.1) is 10.1 Å². The predicted molar refractivity (Wildman–Crippen MR) is 124 cm³/mol. The second-order valence-electron chi connectivity index (χ2n) is 8.12. The van der Waals surface area contributed by atoms with E-state index in [4.69, 9.17) is 4.74 Å². The minimum Gasteiger partial charge on any atom is -0.872 e. The molecule has 9 heteroatoms. The Bertz CT molecular complexity index is 1110. The number of likely N-dealkylation sites (tertiary alicyclic amines) is 1. The van der Waals surface area contributed by atoms with Crippen LogP contribution >= 0.6 is 0 Å². The molecule has 0 saturated carbocycles. The standard InChI is InChI=1S/C25H29N3O6/c1-4-26(5-2)13-8-14-27-22(17-9-6-11-19(15-17)28(32)33)21(24(30)25(27)31)23(29)18-10-7-12-20(16-18)34-3/h6-7,9-12,15-16,22,29H,4-5,8,13-14H2,1-3H3. The predicted octanol–water partition coefficient (Wildman–Crippen LogP) is 1.14. The number of quaternary nitrogens is 1. The number of methoxy groups -OCH3 is 1. The van der Waals surface area contributed by atoms with E-state index in [-0.39, 0.29) is 23.4 Å². The smallest absolute Gasteiger partial charge is 0.295 e. The molecular formula is C25H29N3O6. The number of ketones is 1. The van der Waals surface area contributed by atoms with Crippen LogP contribution in [0.1, 0.15) is 37.4 Å². The van der Waals surface area contributed by atoms with Crippen LogP contribution in [0.5, 0.6) is 5.75 Å². The van der Waals surface area contributed by atoms with Crippen molar-refractivity contribution in [2.45, 2.75) is 26.3 Å². The van der Waals surface area contributed by atoms with Crippen molar-refractivity contribution in [2.75, 3.05) is 33.3 Å². The number of carbonyl (C=O) groups is 2. The van der Waals surface area contributed by atoms with Crippen LogP contribution < -0.4 is 14.7 Å². The van der Waals surface area contributed by atoms with Gasteiger partial charge in [-0.2, -0.15) is 0 Å². The molecule has 9 nitrogen and oxygen atoms in total. The Hall–Kier alpha value is -3.72. The van der Waals surface area contributed by atoms with Crippen LogP contribution in [0.15, 0.2) is 54.1 Å². The summed E-state index contributed by atoms with van der Waals surface area (Å²) in [5, 5.41) is 24.8. The Labute approximate surface area is 198 Å². The summed E-state index contributed by atoms with van der Waals surface area (Å²) in [5.41, 5.74) is 0.189. The Balaban J connectivity index is 2.09. The van der Waals surface area contributed by atoms with Crippen molar-refractivity contribution in [3.8, 4) is 5.75 Å². The molecule has 34 heavy (non-hydrogen) atoms. The first-order valence-electron chi connectivity index (χ1n) is 11.3. The molecule has 2 aromatic rings. The third-order valence-corrected chi connectivity index (χ3v) is 6.19. The largest absolute Gasteiger partial charge is 0.872 e. The van der Waals surface area contributed by atoms with Crippen LogP contribution in [-0.4, -0.2) is 54.8 Å². The van der Waals surface area contributed by atoms with Gasteiger partial charge in [0, 0.05) is 30.7 Å². The fraction of sp³-hybridized carbons (Fsp3) is 0.360. The van der Waals surface area contributed by atoms with E-state index in [0.29, 0.717) is 17.7 Å². The summed E-state index contributed by atoms with van der Waals surface area (Å²) in [6.45, 7) is 7.08. The fourth-order valence-electron chi connectivity index (χ4n) is 4.28. The molecule has 1 unspecified atom stereocenters. The molecule has 0 aliphatic carbocycles. The summed E-state index contributed by atoms with van der Waals surface area (Å²) in [7, 11) is 1.46. The molecule has 1 N–H and O–H groups in total. The van der Waals surface area contributed by atoms with E-state index in [1.54, 1.807) is 24.3 Å². The number of Topliss-reactive ketones (excluding diaryl/α,β-unsaturated/α-hetero) is 1. The molecule has 1 atom stereocenters. The van der Waals surface area contributed by atoms with Crippen molar-refractivity contribution < 1.29 is 29.3 Å². The zero-order chi connectivity index (χ0) is 24.8. The number of nitrogens with one attached hydrogen (secondary N) is 1. The number of hydrogen-bond donors (Lipinski definition) is 1. The van der Waals surface area contributed by atoms with Crippen LogP contribution in [0.4, 0.5) is 5.69 Å². The summed E-state index contributed by atoms with van der Waals surface area (Å²) in [4.78, 5) is 39.7. The van der Waals surface area contributed by atoms with Gasteiger partial charge in [0.05, 0.1) is 37.7 Å². The van der Waals surface area contributed by atoms with Crippen molar-refractivity contribution >= 4 is 23.1 Å². The van der Waals surface area contributed by atoms with Gasteiger partial charge in [-0.3, -0.25) is 19.7 Å². The molecule has 3 rings (SSSR count). The minimum atomic E-state index is -0.995. The van der Waals surface area contributed by atoms with Gasteiger partial charge >= 0.3 is 0 Å². The van der Waals surface area contributed by atoms with E-state index in [9.17, 15) is 24.8 Å². The molecular weight excluding hydrogens is 438 g/mol. The van der Waals surface area contributed by atoms with E-state index < -0.39 is 28.4 Å². The third-order valence-electron chi connectivity index (χ3n) is 6.19. The van der Waals surface area contributed by atoms with Gasteiger partial charge in [-0.25, -0.2) is 0 Å². The lowest BCUT2D eigenvalue weighted by Gasteiger charge is -2.28. The van der Waals surface area contributed by atoms with Gasteiger partial charge < -0.3 is 19.6 Å². The number of carbonyl (C=O) groups excluding carboxylic acids is 2. The lowest BCUT2D eigenvalue weighted by atomic mass is 9.95. The maximum atomic E-state index is 13.5. The lowest BCUT2D eigenvalue weighted by Crippen LogP contribution is -3.11. The summed E-state index contributed by atoms with van der Waals surface area (Å²) in [6.07, 6.45) is 0.627. The highest BCUT2D eigenvalue weighted by molar-refractivity contribution is 6.46. The summed E-state index contributed by atoms with van der Waals surface area (Å²) < 4.78 is 5.19. The van der Waals surface area contributed by atoms with Gasteiger partial charge in [0.1, 0.15) is 5.75 Å². The Morgan fingerprint density at radius 2 is 1.82 bits per heavy atom. The summed E-state index contributed by atoms with van der Waals surface area (Å²) in [5.74, 6) is -1.79. The maximum Gasteiger partial charge on any atom is 0.295 e. The van der Waals surface area contributed by atoms with Crippen LogP contribution in [-0.2, 0) is 9.59 Å². The molecule has 1 aliphatic heterocycles. The SMILES string of the molecule is CC[NH+](CC)CCCN1C(=O)C(=O)C(=C([O-])c2cccc(OC)c2)C1c1cccc([N+](=O)[O-])c1. The zero-order valence-corrected chi connectivity index (χ0v) is 19.6. The topological polar surface area (TPSA) is 117 Å². The maximum absolute atomic E-state index is 13.5. The third kappa shape index (κ3) is 5.09. The molecule has 1 amide bonds. The van der Waals surface area contributed by atoms with E-state index >= 15 is 0 Å². The number of rotatable bonds is 10. The molecule has 180 valence electrons. The Morgan fingerprint density at radius 1 is 1.12 bits per heavy atom. The first-order valence-corrected chi connectivity index (χ1v) is 11.3. The minimum absolute atomic E-state index is 0.176. The molecule has 2 aromatic carbocycles. The van der Waals surface area contributed by atoms with Gasteiger partial charge in [-0.05, 0) is 37.1 Å². The monoisotopic (exact) mass is 467 g/mol. The zero-order valence-electron chi connectivity index (χ0n) is 19.6. The molecule has 0 aromatic heterocycles. The number of hydrogen-bond acceptors (Lipinski definition) is 6. The van der Waals surface area contributed by atoms with Crippen molar-refractivity contribution in [1.29, 1.82) is 0 Å². The number of non-ortho nitro benzene ring substituents is 1. The average Bonchev–Trinajstić information content (AvgIpc) is 3.11. The Kier molecular flexibility index (Phi) is 8.01. The van der Waals surface area contributed by atoms with E-state index in [1.807, 2.05) is 0 Å². The summed E-state index contributed by atoms with van der Waals surface area (Å²) in [6, 6.07) is 11.1. The summed E-state index contributed by atoms with van der Waals surface area (Å²) >= 11 is 0. The van der Waals surface area contributed by atoms with Crippen molar-refractivity contribution in [1.82, 2.24) is 4.90 Å². The van der Waals surface area contributed by atoms with Crippen LogP contribution in [0.3, 0.4) is 0 Å². The van der Waals surface area contributed by atoms with Gasteiger partial charge in [-0.1, -0.05) is 30.0 Å². The van der Waals surface area contributed by atoms with Gasteiger partial charge in [0.15, 0.2) is 0 Å². The Morgan fingerprint density at radius 3 is 2.47 bits per heavy atom. The molecule has 0 spiro atoms. The number of nitrogens with zero attached hydrogens (tertiary/aromatic N) is 2. The molecule has 0 bridgehead atoms. The highest BCUT2D eigenvalue weighted by atomic mass is 16.6. The van der Waals surface area contributed by atoms with Crippen LogP contribution in [0.2, 0.25) is 0 Å². The molecule has 1 saturated heterocycles.